The maximum Gasteiger partial charge on any atom is 0.246 e. The second-order valence-corrected chi connectivity index (χ2v) is 9.06. The number of phenols is 1. The number of benzene rings is 4. The summed E-state index contributed by atoms with van der Waals surface area (Å²) in [7, 11) is 0. The first-order chi connectivity index (χ1) is 17.1. The van der Waals surface area contributed by atoms with Gasteiger partial charge in [-0.3, -0.25) is 4.79 Å². The van der Waals surface area contributed by atoms with E-state index in [2.05, 4.69) is 25.1 Å². The third kappa shape index (κ3) is 5.07. The smallest absolute Gasteiger partial charge is 0.246 e. The highest BCUT2D eigenvalue weighted by atomic mass is 16.5. The van der Waals surface area contributed by atoms with Gasteiger partial charge in [-0.05, 0) is 84.7 Å². The Bertz CT molecular complexity index is 1370. The van der Waals surface area contributed by atoms with Crippen LogP contribution >= 0.6 is 0 Å². The number of carbonyl (C=O) groups excluding carboxylic acids is 1. The number of ether oxygens (including phenoxy) is 1. The number of rotatable bonds is 5. The Balaban J connectivity index is 1.45. The average Bonchev–Trinajstić information content (AvgIpc) is 2.89. The van der Waals surface area contributed by atoms with Gasteiger partial charge < -0.3 is 14.7 Å². The van der Waals surface area contributed by atoms with E-state index in [4.69, 9.17) is 4.74 Å². The number of amides is 1. The molecule has 1 fully saturated rings. The van der Waals surface area contributed by atoms with Gasteiger partial charge in [-0.2, -0.15) is 0 Å². The minimum absolute atomic E-state index is 0.0759. The van der Waals surface area contributed by atoms with E-state index in [1.165, 1.54) is 6.42 Å². The van der Waals surface area contributed by atoms with Crippen molar-refractivity contribution in [3.05, 3.63) is 96.1 Å². The van der Waals surface area contributed by atoms with Gasteiger partial charge in [-0.25, -0.2) is 0 Å². The van der Waals surface area contributed by atoms with Crippen molar-refractivity contribution in [2.75, 3.05) is 13.1 Å². The molecule has 4 nitrogen and oxygen atoms in total. The molecule has 4 heteroatoms. The van der Waals surface area contributed by atoms with Crippen LogP contribution in [0.2, 0.25) is 0 Å². The van der Waals surface area contributed by atoms with Crippen molar-refractivity contribution < 1.29 is 14.6 Å². The van der Waals surface area contributed by atoms with Crippen LogP contribution in [-0.2, 0) is 4.79 Å². The van der Waals surface area contributed by atoms with Crippen molar-refractivity contribution in [3.63, 3.8) is 0 Å². The van der Waals surface area contributed by atoms with Crippen LogP contribution in [0.4, 0.5) is 0 Å². The summed E-state index contributed by atoms with van der Waals surface area (Å²) in [4.78, 5) is 14.3. The summed E-state index contributed by atoms with van der Waals surface area (Å²) >= 11 is 0. The first-order valence-electron chi connectivity index (χ1n) is 12.2. The third-order valence-electron chi connectivity index (χ3n) is 6.52. The van der Waals surface area contributed by atoms with Gasteiger partial charge in [0.2, 0.25) is 5.91 Å². The fraction of sp³-hybridized carbons (Fsp3) is 0.194. The molecule has 35 heavy (non-hydrogen) atoms. The Morgan fingerprint density at radius 3 is 2.40 bits per heavy atom. The summed E-state index contributed by atoms with van der Waals surface area (Å²) in [6.45, 7) is 3.76. The molecule has 0 unspecified atom stereocenters. The van der Waals surface area contributed by atoms with Gasteiger partial charge >= 0.3 is 0 Å². The number of nitrogens with zero attached hydrogens (tertiary/aromatic N) is 1. The molecule has 0 aliphatic carbocycles. The molecular formula is C31H29NO3. The van der Waals surface area contributed by atoms with Crippen molar-refractivity contribution in [2.24, 2.45) is 0 Å². The molecule has 1 saturated heterocycles. The highest BCUT2D eigenvalue weighted by Crippen LogP contribution is 2.42. The number of fused-ring (bicyclic) bond motifs is 1. The molecule has 0 aromatic heterocycles. The standard InChI is InChI=1S/C31H29NO3/c1-22-20-25-21-26(33)13-16-28(25)31(30(22)24-8-4-2-5-9-24)35-27-14-10-23(11-15-27)12-17-29(34)32-18-6-3-7-19-32/h2,4-5,8-17,20-21,33H,3,6-7,18-19H2,1H3. The Morgan fingerprint density at radius 2 is 1.66 bits per heavy atom. The lowest BCUT2D eigenvalue weighted by atomic mass is 9.94. The van der Waals surface area contributed by atoms with Crippen LogP contribution in [0.1, 0.15) is 30.4 Å². The molecule has 0 spiro atoms. The number of phenolic OH excluding ortho intramolecular Hbond substituents is 1. The molecule has 0 bridgehead atoms. The quantitative estimate of drug-likeness (QED) is 0.315. The summed E-state index contributed by atoms with van der Waals surface area (Å²) in [5.74, 6) is 1.77. The van der Waals surface area contributed by atoms with Crippen LogP contribution in [0.3, 0.4) is 0 Å². The monoisotopic (exact) mass is 463 g/mol. The van der Waals surface area contributed by atoms with Crippen molar-refractivity contribution in [1.29, 1.82) is 0 Å². The van der Waals surface area contributed by atoms with Crippen LogP contribution < -0.4 is 4.74 Å². The topological polar surface area (TPSA) is 49.8 Å². The van der Waals surface area contributed by atoms with Crippen molar-refractivity contribution in [2.45, 2.75) is 26.2 Å². The number of carbonyl (C=O) groups is 1. The van der Waals surface area contributed by atoms with Gasteiger partial charge in [0.05, 0.1) is 0 Å². The number of likely N-dealkylation sites (tertiary alicyclic amines) is 1. The van der Waals surface area contributed by atoms with Crippen LogP contribution in [0, 0.1) is 6.92 Å². The maximum absolute atomic E-state index is 12.4. The summed E-state index contributed by atoms with van der Waals surface area (Å²) in [6.07, 6.45) is 6.90. The Hall–Kier alpha value is -4.05. The molecule has 1 amide bonds. The maximum atomic E-state index is 12.4. The van der Waals surface area contributed by atoms with Gasteiger partial charge in [0.1, 0.15) is 17.2 Å². The SMILES string of the molecule is Cc1cc2cc(O)ccc2c(Oc2ccc(C=CC(=O)N3CCCCC3)cc2)c1-c1ccccc1. The zero-order chi connectivity index (χ0) is 24.2. The van der Waals surface area contributed by atoms with Gasteiger partial charge in [-0.1, -0.05) is 48.5 Å². The minimum Gasteiger partial charge on any atom is -0.508 e. The van der Waals surface area contributed by atoms with Crippen molar-refractivity contribution >= 4 is 22.8 Å². The van der Waals surface area contributed by atoms with Gasteiger partial charge in [-0.15, -0.1) is 0 Å². The molecule has 1 aliphatic rings. The first-order valence-corrected chi connectivity index (χ1v) is 12.2. The van der Waals surface area contributed by atoms with E-state index in [0.717, 1.165) is 64.7 Å². The lowest BCUT2D eigenvalue weighted by molar-refractivity contribution is -0.126. The Labute approximate surface area is 206 Å². The number of hydrogen-bond donors (Lipinski definition) is 1. The Morgan fingerprint density at radius 1 is 0.914 bits per heavy atom. The fourth-order valence-corrected chi connectivity index (χ4v) is 4.72. The highest BCUT2D eigenvalue weighted by Gasteiger charge is 2.16. The zero-order valence-corrected chi connectivity index (χ0v) is 19.9. The van der Waals surface area contributed by atoms with E-state index >= 15 is 0 Å². The van der Waals surface area contributed by atoms with Gasteiger partial charge in [0.15, 0.2) is 0 Å². The first kappa shape index (κ1) is 22.7. The molecular weight excluding hydrogens is 434 g/mol. The summed E-state index contributed by atoms with van der Waals surface area (Å²) in [5, 5.41) is 11.9. The van der Waals surface area contributed by atoms with Crippen LogP contribution in [-0.4, -0.2) is 29.0 Å². The number of aromatic hydroxyl groups is 1. The molecule has 1 N–H and O–H groups in total. The van der Waals surface area contributed by atoms with E-state index < -0.39 is 0 Å². The third-order valence-corrected chi connectivity index (χ3v) is 6.52. The van der Waals surface area contributed by atoms with Gasteiger partial charge in [0, 0.05) is 30.1 Å². The van der Waals surface area contributed by atoms with E-state index in [1.807, 2.05) is 59.5 Å². The summed E-state index contributed by atoms with van der Waals surface area (Å²) in [5.41, 5.74) is 4.12. The predicted octanol–water partition coefficient (Wildman–Crippen LogP) is 7.34. The number of hydrogen-bond acceptors (Lipinski definition) is 3. The summed E-state index contributed by atoms with van der Waals surface area (Å²) in [6, 6.07) is 25.4. The van der Waals surface area contributed by atoms with Crippen LogP contribution in [0.15, 0.2) is 84.9 Å². The predicted molar refractivity (Wildman–Crippen MR) is 142 cm³/mol. The second-order valence-electron chi connectivity index (χ2n) is 9.06. The molecule has 4 aromatic rings. The Kier molecular flexibility index (Phi) is 6.53. The van der Waals surface area contributed by atoms with Gasteiger partial charge in [0.25, 0.3) is 0 Å². The highest BCUT2D eigenvalue weighted by molar-refractivity contribution is 5.97. The molecule has 1 heterocycles. The average molecular weight is 464 g/mol. The van der Waals surface area contributed by atoms with Crippen molar-refractivity contribution in [3.8, 4) is 28.4 Å². The minimum atomic E-state index is 0.0759. The molecule has 5 rings (SSSR count). The van der Waals surface area contributed by atoms with Crippen molar-refractivity contribution in [1.82, 2.24) is 4.90 Å². The van der Waals surface area contributed by atoms with Crippen LogP contribution in [0.25, 0.3) is 28.0 Å². The normalized spacial score (nSPS) is 13.9. The number of aryl methyl sites for hydroxylation is 1. The summed E-state index contributed by atoms with van der Waals surface area (Å²) < 4.78 is 6.49. The zero-order valence-electron chi connectivity index (χ0n) is 19.9. The molecule has 0 radical (unpaired) electrons. The molecule has 0 atom stereocenters. The lowest BCUT2D eigenvalue weighted by Crippen LogP contribution is -2.34. The van der Waals surface area contributed by atoms with E-state index in [1.54, 1.807) is 18.2 Å². The number of piperidine rings is 1. The lowest BCUT2D eigenvalue weighted by Gasteiger charge is -2.25. The van der Waals surface area contributed by atoms with E-state index in [9.17, 15) is 9.90 Å². The second kappa shape index (κ2) is 10.1. The molecule has 0 saturated carbocycles. The fourth-order valence-electron chi connectivity index (χ4n) is 4.72. The molecule has 176 valence electrons. The molecule has 4 aromatic carbocycles. The van der Waals surface area contributed by atoms with Crippen LogP contribution in [0.5, 0.6) is 17.2 Å². The van der Waals surface area contributed by atoms with E-state index in [-0.39, 0.29) is 11.7 Å². The largest absolute Gasteiger partial charge is 0.508 e. The van der Waals surface area contributed by atoms with E-state index in [0.29, 0.717) is 5.75 Å². The molecule has 1 aliphatic heterocycles.